The highest BCUT2D eigenvalue weighted by atomic mass is 79.9. The average molecular weight is 400 g/mol. The Kier molecular flexibility index (Phi) is 3.27. The summed E-state index contributed by atoms with van der Waals surface area (Å²) < 4.78 is 27.9. The molecular formula is C13H6BrClF2N6. The standard InChI is InChI=1S/C13H6BrClF2N6/c14-8-3-1-2-7-9(8)19-12(15)23-11(7)20-10(21-23)6-4-18-22(5-6)13(16)17/h1-5,13H. The molecule has 0 aliphatic heterocycles. The van der Waals surface area contributed by atoms with E-state index in [0.717, 1.165) is 9.86 Å². The zero-order valence-electron chi connectivity index (χ0n) is 11.2. The van der Waals surface area contributed by atoms with Crippen LogP contribution in [0.4, 0.5) is 8.78 Å². The number of fused-ring (bicyclic) bond motifs is 3. The Bertz CT molecular complexity index is 1040. The molecule has 0 unspecified atom stereocenters. The first-order valence-corrected chi connectivity index (χ1v) is 7.55. The SMILES string of the molecule is FC(F)n1cc(-c2nc3c4cccc(Br)c4nc(Cl)n3n2)cn1. The molecule has 0 fully saturated rings. The second kappa shape index (κ2) is 5.20. The Labute approximate surface area is 140 Å². The summed E-state index contributed by atoms with van der Waals surface area (Å²) in [7, 11) is 0. The van der Waals surface area contributed by atoms with E-state index in [4.69, 9.17) is 11.6 Å². The van der Waals surface area contributed by atoms with Crippen molar-refractivity contribution in [2.45, 2.75) is 6.55 Å². The van der Waals surface area contributed by atoms with Gasteiger partial charge >= 0.3 is 6.55 Å². The lowest BCUT2D eigenvalue weighted by Gasteiger charge is -2.02. The van der Waals surface area contributed by atoms with Crippen LogP contribution < -0.4 is 0 Å². The van der Waals surface area contributed by atoms with Crippen LogP contribution in [0.3, 0.4) is 0 Å². The van der Waals surface area contributed by atoms with Gasteiger partial charge in [-0.2, -0.15) is 18.4 Å². The van der Waals surface area contributed by atoms with E-state index in [1.165, 1.54) is 16.9 Å². The van der Waals surface area contributed by atoms with Crippen LogP contribution in [0.25, 0.3) is 27.9 Å². The van der Waals surface area contributed by atoms with Gasteiger partial charge in [0.2, 0.25) is 5.28 Å². The molecule has 4 aromatic rings. The molecule has 23 heavy (non-hydrogen) atoms. The highest BCUT2D eigenvalue weighted by Crippen LogP contribution is 2.28. The monoisotopic (exact) mass is 398 g/mol. The first-order valence-electron chi connectivity index (χ1n) is 6.38. The van der Waals surface area contributed by atoms with Gasteiger partial charge in [0.1, 0.15) is 0 Å². The van der Waals surface area contributed by atoms with Gasteiger partial charge in [-0.3, -0.25) is 0 Å². The van der Waals surface area contributed by atoms with Crippen LogP contribution in [-0.4, -0.2) is 29.4 Å². The van der Waals surface area contributed by atoms with Gasteiger partial charge in [-0.25, -0.2) is 14.6 Å². The molecule has 0 aliphatic carbocycles. The molecule has 0 amide bonds. The van der Waals surface area contributed by atoms with Crippen molar-refractivity contribution in [1.82, 2.24) is 29.4 Å². The Morgan fingerprint density at radius 3 is 2.78 bits per heavy atom. The first kappa shape index (κ1) is 14.5. The molecule has 0 radical (unpaired) electrons. The number of halogens is 4. The van der Waals surface area contributed by atoms with E-state index in [-0.39, 0.29) is 11.1 Å². The third-order valence-corrected chi connectivity index (χ3v) is 4.16. The minimum Gasteiger partial charge on any atom is -0.217 e. The van der Waals surface area contributed by atoms with Crippen molar-refractivity contribution in [2.75, 3.05) is 0 Å². The number of benzene rings is 1. The van der Waals surface area contributed by atoms with Gasteiger partial charge < -0.3 is 0 Å². The minimum absolute atomic E-state index is 0.124. The maximum Gasteiger partial charge on any atom is 0.333 e. The smallest absolute Gasteiger partial charge is 0.217 e. The molecule has 3 aromatic heterocycles. The van der Waals surface area contributed by atoms with Crippen molar-refractivity contribution in [2.24, 2.45) is 0 Å². The van der Waals surface area contributed by atoms with Crippen LogP contribution in [0.15, 0.2) is 35.1 Å². The third kappa shape index (κ3) is 2.27. The number of aromatic nitrogens is 6. The zero-order chi connectivity index (χ0) is 16.1. The molecule has 0 spiro atoms. The van der Waals surface area contributed by atoms with Crippen LogP contribution >= 0.6 is 27.5 Å². The van der Waals surface area contributed by atoms with E-state index >= 15 is 0 Å². The van der Waals surface area contributed by atoms with Crippen molar-refractivity contribution >= 4 is 44.1 Å². The summed E-state index contributed by atoms with van der Waals surface area (Å²) >= 11 is 9.56. The van der Waals surface area contributed by atoms with Crippen molar-refractivity contribution in [3.8, 4) is 11.4 Å². The Hall–Kier alpha value is -2.13. The van der Waals surface area contributed by atoms with Crippen LogP contribution in [-0.2, 0) is 0 Å². The molecule has 4 rings (SSSR count). The molecule has 0 saturated carbocycles. The number of nitrogens with zero attached hydrogens (tertiary/aromatic N) is 6. The molecule has 1 aromatic carbocycles. The summed E-state index contributed by atoms with van der Waals surface area (Å²) in [5, 5.41) is 8.68. The fourth-order valence-electron chi connectivity index (χ4n) is 2.25. The van der Waals surface area contributed by atoms with Gasteiger partial charge in [-0.15, -0.1) is 5.10 Å². The first-order chi connectivity index (χ1) is 11.0. The summed E-state index contributed by atoms with van der Waals surface area (Å²) in [5.74, 6) is 0.244. The maximum atomic E-state index is 12.6. The summed E-state index contributed by atoms with van der Waals surface area (Å²) in [4.78, 5) is 8.68. The summed E-state index contributed by atoms with van der Waals surface area (Å²) in [6.07, 6.45) is 2.46. The van der Waals surface area contributed by atoms with Crippen LogP contribution in [0.2, 0.25) is 5.28 Å². The predicted octanol–water partition coefficient (Wildman–Crippen LogP) is 3.95. The lowest BCUT2D eigenvalue weighted by atomic mass is 10.2. The van der Waals surface area contributed by atoms with Crippen LogP contribution in [0.1, 0.15) is 6.55 Å². The Morgan fingerprint density at radius 2 is 2.04 bits per heavy atom. The minimum atomic E-state index is -2.72. The predicted molar refractivity (Wildman–Crippen MR) is 83.5 cm³/mol. The third-order valence-electron chi connectivity index (χ3n) is 3.27. The molecule has 0 saturated heterocycles. The molecule has 0 bridgehead atoms. The largest absolute Gasteiger partial charge is 0.333 e. The van der Waals surface area contributed by atoms with E-state index in [9.17, 15) is 8.78 Å². The molecular weight excluding hydrogens is 394 g/mol. The molecule has 0 atom stereocenters. The number of hydrogen-bond acceptors (Lipinski definition) is 4. The summed E-state index contributed by atoms with van der Waals surface area (Å²) in [5.41, 5.74) is 1.50. The van der Waals surface area contributed by atoms with Gasteiger partial charge in [0, 0.05) is 16.1 Å². The Balaban J connectivity index is 1.98. The molecule has 3 heterocycles. The fourth-order valence-corrected chi connectivity index (χ4v) is 2.90. The number of rotatable bonds is 2. The van der Waals surface area contributed by atoms with Crippen molar-refractivity contribution in [3.05, 3.63) is 40.3 Å². The highest BCUT2D eigenvalue weighted by molar-refractivity contribution is 9.10. The molecule has 0 N–H and O–H groups in total. The van der Waals surface area contributed by atoms with E-state index in [1.807, 2.05) is 18.2 Å². The van der Waals surface area contributed by atoms with E-state index in [2.05, 4.69) is 36.1 Å². The number of hydrogen-bond donors (Lipinski definition) is 0. The zero-order valence-corrected chi connectivity index (χ0v) is 13.5. The fraction of sp³-hybridized carbons (Fsp3) is 0.0769. The lowest BCUT2D eigenvalue weighted by molar-refractivity contribution is 0.0566. The highest BCUT2D eigenvalue weighted by Gasteiger charge is 2.17. The molecule has 116 valence electrons. The van der Waals surface area contributed by atoms with Crippen molar-refractivity contribution in [1.29, 1.82) is 0 Å². The topological polar surface area (TPSA) is 60.9 Å². The second-order valence-electron chi connectivity index (χ2n) is 4.67. The average Bonchev–Trinajstić information content (AvgIpc) is 3.15. The van der Waals surface area contributed by atoms with Gasteiger partial charge in [-0.1, -0.05) is 6.07 Å². The summed E-state index contributed by atoms with van der Waals surface area (Å²) in [6, 6.07) is 5.51. The van der Waals surface area contributed by atoms with Crippen molar-refractivity contribution < 1.29 is 8.78 Å². The van der Waals surface area contributed by atoms with Gasteiger partial charge in [0.25, 0.3) is 0 Å². The van der Waals surface area contributed by atoms with Crippen LogP contribution in [0, 0.1) is 0 Å². The van der Waals surface area contributed by atoms with Crippen molar-refractivity contribution in [3.63, 3.8) is 0 Å². The Morgan fingerprint density at radius 1 is 1.22 bits per heavy atom. The summed E-state index contributed by atoms with van der Waals surface area (Å²) in [6.45, 7) is -2.72. The molecule has 6 nitrogen and oxygen atoms in total. The number of para-hydroxylation sites is 1. The lowest BCUT2D eigenvalue weighted by Crippen LogP contribution is -1.96. The van der Waals surface area contributed by atoms with E-state index in [0.29, 0.717) is 21.4 Å². The normalized spacial score (nSPS) is 11.9. The van der Waals surface area contributed by atoms with E-state index < -0.39 is 6.55 Å². The quantitative estimate of drug-likeness (QED) is 0.479. The second-order valence-corrected chi connectivity index (χ2v) is 5.87. The molecule has 10 heteroatoms. The number of alkyl halides is 2. The molecule has 0 aliphatic rings. The van der Waals surface area contributed by atoms with Gasteiger partial charge in [0.05, 0.1) is 17.3 Å². The van der Waals surface area contributed by atoms with Gasteiger partial charge in [0.15, 0.2) is 11.5 Å². The van der Waals surface area contributed by atoms with Gasteiger partial charge in [-0.05, 0) is 39.7 Å². The maximum absolute atomic E-state index is 12.6. The van der Waals surface area contributed by atoms with Crippen LogP contribution in [0.5, 0.6) is 0 Å². The van der Waals surface area contributed by atoms with E-state index in [1.54, 1.807) is 0 Å².